The molecular formula is C16H17ClFNO. The summed E-state index contributed by atoms with van der Waals surface area (Å²) < 4.78 is 18.5. The van der Waals surface area contributed by atoms with Crippen LogP contribution in [-0.4, -0.2) is 13.2 Å². The first-order valence-electron chi connectivity index (χ1n) is 6.49. The van der Waals surface area contributed by atoms with Crippen molar-refractivity contribution in [2.45, 2.75) is 13.5 Å². The molecule has 2 nitrogen and oxygen atoms in total. The molecule has 0 unspecified atom stereocenters. The Bertz CT molecular complexity index is 574. The van der Waals surface area contributed by atoms with E-state index < -0.39 is 0 Å². The summed E-state index contributed by atoms with van der Waals surface area (Å²) in [7, 11) is 0. The monoisotopic (exact) mass is 293 g/mol. The number of benzene rings is 2. The molecule has 0 aliphatic carbocycles. The second kappa shape index (κ2) is 7.27. The SMILES string of the molecule is Cc1cccc(OCCNCc2ccc(F)cc2Cl)c1. The molecule has 0 heterocycles. The molecule has 0 radical (unpaired) electrons. The Morgan fingerprint density at radius 2 is 2.05 bits per heavy atom. The summed E-state index contributed by atoms with van der Waals surface area (Å²) in [5.74, 6) is 0.549. The Morgan fingerprint density at radius 3 is 2.80 bits per heavy atom. The molecule has 2 aromatic carbocycles. The van der Waals surface area contributed by atoms with Gasteiger partial charge in [0.05, 0.1) is 0 Å². The number of nitrogens with one attached hydrogen (secondary N) is 1. The van der Waals surface area contributed by atoms with Crippen LogP contribution in [0.2, 0.25) is 5.02 Å². The molecule has 0 fully saturated rings. The van der Waals surface area contributed by atoms with Crippen molar-refractivity contribution < 1.29 is 9.13 Å². The second-order valence-corrected chi connectivity index (χ2v) is 4.98. The fourth-order valence-electron chi connectivity index (χ4n) is 1.83. The molecule has 2 aromatic rings. The zero-order valence-electron chi connectivity index (χ0n) is 11.3. The summed E-state index contributed by atoms with van der Waals surface area (Å²) in [6.07, 6.45) is 0. The topological polar surface area (TPSA) is 21.3 Å². The Kier molecular flexibility index (Phi) is 5.39. The van der Waals surface area contributed by atoms with Crippen molar-refractivity contribution >= 4 is 11.6 Å². The summed E-state index contributed by atoms with van der Waals surface area (Å²) in [4.78, 5) is 0. The zero-order chi connectivity index (χ0) is 14.4. The van der Waals surface area contributed by atoms with E-state index in [2.05, 4.69) is 5.32 Å². The minimum Gasteiger partial charge on any atom is -0.492 e. The molecule has 106 valence electrons. The van der Waals surface area contributed by atoms with Crippen LogP contribution in [0.15, 0.2) is 42.5 Å². The van der Waals surface area contributed by atoms with E-state index >= 15 is 0 Å². The Labute approximate surface area is 123 Å². The summed E-state index contributed by atoms with van der Waals surface area (Å²) in [5.41, 5.74) is 2.05. The van der Waals surface area contributed by atoms with Crippen molar-refractivity contribution in [1.82, 2.24) is 5.32 Å². The highest BCUT2D eigenvalue weighted by atomic mass is 35.5. The molecule has 20 heavy (non-hydrogen) atoms. The standard InChI is InChI=1S/C16H17ClFNO/c1-12-3-2-4-15(9-12)20-8-7-19-11-13-5-6-14(18)10-16(13)17/h2-6,9-10,19H,7-8,11H2,1H3. The fraction of sp³-hybridized carbons (Fsp3) is 0.250. The third kappa shape index (κ3) is 4.51. The third-order valence-electron chi connectivity index (χ3n) is 2.87. The van der Waals surface area contributed by atoms with Crippen LogP contribution in [0.3, 0.4) is 0 Å². The molecule has 0 amide bonds. The Morgan fingerprint density at radius 1 is 1.20 bits per heavy atom. The zero-order valence-corrected chi connectivity index (χ0v) is 12.1. The van der Waals surface area contributed by atoms with E-state index in [0.29, 0.717) is 24.7 Å². The summed E-state index contributed by atoms with van der Waals surface area (Å²) in [6.45, 7) is 3.89. The Hall–Kier alpha value is -1.58. The van der Waals surface area contributed by atoms with Gasteiger partial charge in [-0.05, 0) is 42.3 Å². The largest absolute Gasteiger partial charge is 0.492 e. The van der Waals surface area contributed by atoms with Crippen LogP contribution < -0.4 is 10.1 Å². The van der Waals surface area contributed by atoms with Crippen molar-refractivity contribution in [1.29, 1.82) is 0 Å². The van der Waals surface area contributed by atoms with Gasteiger partial charge in [0.25, 0.3) is 0 Å². The molecule has 4 heteroatoms. The lowest BCUT2D eigenvalue weighted by Crippen LogP contribution is -2.20. The molecule has 0 saturated carbocycles. The first kappa shape index (κ1) is 14.8. The van der Waals surface area contributed by atoms with Gasteiger partial charge in [-0.15, -0.1) is 0 Å². The third-order valence-corrected chi connectivity index (χ3v) is 3.22. The van der Waals surface area contributed by atoms with Gasteiger partial charge in [0, 0.05) is 18.1 Å². The second-order valence-electron chi connectivity index (χ2n) is 4.58. The van der Waals surface area contributed by atoms with Gasteiger partial charge in [-0.25, -0.2) is 4.39 Å². The molecule has 0 aromatic heterocycles. The molecule has 1 N–H and O–H groups in total. The fourth-order valence-corrected chi connectivity index (χ4v) is 2.07. The number of aryl methyl sites for hydroxylation is 1. The summed E-state index contributed by atoms with van der Waals surface area (Å²) in [5, 5.41) is 3.66. The van der Waals surface area contributed by atoms with Gasteiger partial charge in [0.2, 0.25) is 0 Å². The molecule has 0 aliphatic heterocycles. The average molecular weight is 294 g/mol. The van der Waals surface area contributed by atoms with Gasteiger partial charge in [0.1, 0.15) is 18.2 Å². The van der Waals surface area contributed by atoms with Gasteiger partial charge in [-0.3, -0.25) is 0 Å². The van der Waals surface area contributed by atoms with Crippen molar-refractivity contribution in [2.24, 2.45) is 0 Å². The quantitative estimate of drug-likeness (QED) is 0.814. The number of hydrogen-bond acceptors (Lipinski definition) is 2. The molecule has 0 saturated heterocycles. The van der Waals surface area contributed by atoms with Crippen molar-refractivity contribution in [2.75, 3.05) is 13.2 Å². The van der Waals surface area contributed by atoms with E-state index in [1.54, 1.807) is 6.07 Å². The molecule has 2 rings (SSSR count). The number of hydrogen-bond donors (Lipinski definition) is 1. The van der Waals surface area contributed by atoms with Crippen LogP contribution in [0.4, 0.5) is 4.39 Å². The van der Waals surface area contributed by atoms with Crippen LogP contribution >= 0.6 is 11.6 Å². The lowest BCUT2D eigenvalue weighted by molar-refractivity contribution is 0.313. The Balaban J connectivity index is 1.71. The van der Waals surface area contributed by atoms with Gasteiger partial charge >= 0.3 is 0 Å². The predicted octanol–water partition coefficient (Wildman–Crippen LogP) is 3.96. The van der Waals surface area contributed by atoms with E-state index in [9.17, 15) is 4.39 Å². The summed E-state index contributed by atoms with van der Waals surface area (Å²) in [6, 6.07) is 12.3. The number of halogens is 2. The highest BCUT2D eigenvalue weighted by molar-refractivity contribution is 6.31. The van der Waals surface area contributed by atoms with Crippen LogP contribution in [0.1, 0.15) is 11.1 Å². The summed E-state index contributed by atoms with van der Waals surface area (Å²) >= 11 is 5.94. The minimum absolute atomic E-state index is 0.318. The van der Waals surface area contributed by atoms with E-state index in [1.807, 2.05) is 31.2 Å². The van der Waals surface area contributed by atoms with Crippen molar-refractivity contribution in [3.8, 4) is 5.75 Å². The van der Waals surface area contributed by atoms with Gasteiger partial charge in [0.15, 0.2) is 0 Å². The maximum absolute atomic E-state index is 12.9. The smallest absolute Gasteiger partial charge is 0.124 e. The van der Waals surface area contributed by atoms with Gasteiger partial charge in [-0.2, -0.15) is 0 Å². The normalized spacial score (nSPS) is 10.6. The molecular weight excluding hydrogens is 277 g/mol. The maximum Gasteiger partial charge on any atom is 0.124 e. The van der Waals surface area contributed by atoms with Crippen LogP contribution in [0, 0.1) is 12.7 Å². The van der Waals surface area contributed by atoms with Crippen molar-refractivity contribution in [3.63, 3.8) is 0 Å². The molecule has 0 spiro atoms. The minimum atomic E-state index is -0.318. The van der Waals surface area contributed by atoms with E-state index in [1.165, 1.54) is 17.7 Å². The highest BCUT2D eigenvalue weighted by Crippen LogP contribution is 2.16. The first-order valence-corrected chi connectivity index (χ1v) is 6.87. The molecule has 0 atom stereocenters. The van der Waals surface area contributed by atoms with Crippen LogP contribution in [-0.2, 0) is 6.54 Å². The lowest BCUT2D eigenvalue weighted by atomic mass is 10.2. The average Bonchev–Trinajstić information content (AvgIpc) is 2.41. The number of rotatable bonds is 6. The first-order chi connectivity index (χ1) is 9.65. The molecule has 0 bridgehead atoms. The van der Waals surface area contributed by atoms with Crippen molar-refractivity contribution in [3.05, 3.63) is 64.4 Å². The van der Waals surface area contributed by atoms with E-state index in [4.69, 9.17) is 16.3 Å². The van der Waals surface area contributed by atoms with Crippen LogP contribution in [0.25, 0.3) is 0 Å². The predicted molar refractivity (Wildman–Crippen MR) is 79.8 cm³/mol. The van der Waals surface area contributed by atoms with Gasteiger partial charge < -0.3 is 10.1 Å². The van der Waals surface area contributed by atoms with E-state index in [0.717, 1.165) is 11.3 Å². The highest BCUT2D eigenvalue weighted by Gasteiger charge is 2.01. The molecule has 0 aliphatic rings. The van der Waals surface area contributed by atoms with Crippen LogP contribution in [0.5, 0.6) is 5.75 Å². The maximum atomic E-state index is 12.9. The lowest BCUT2D eigenvalue weighted by Gasteiger charge is -2.09. The van der Waals surface area contributed by atoms with E-state index in [-0.39, 0.29) is 5.82 Å². The number of ether oxygens (including phenoxy) is 1. The van der Waals surface area contributed by atoms with Gasteiger partial charge in [-0.1, -0.05) is 29.8 Å².